The van der Waals surface area contributed by atoms with E-state index < -0.39 is 18.5 Å². The van der Waals surface area contributed by atoms with Crippen molar-refractivity contribution in [3.05, 3.63) is 71.2 Å². The number of ether oxygens (including phenoxy) is 1. The summed E-state index contributed by atoms with van der Waals surface area (Å²) in [4.78, 5) is 35.8. The van der Waals surface area contributed by atoms with Gasteiger partial charge in [-0.05, 0) is 35.7 Å². The molecule has 6 nitrogen and oxygen atoms in total. The van der Waals surface area contributed by atoms with E-state index in [2.05, 4.69) is 26.6 Å². The second-order valence-corrected chi connectivity index (χ2v) is 7.21. The third kappa shape index (κ3) is 6.15. The average molecular weight is 455 g/mol. The number of benzene rings is 3. The predicted octanol–water partition coefficient (Wildman–Crippen LogP) is 4.50. The van der Waals surface area contributed by atoms with E-state index in [-0.39, 0.29) is 18.7 Å². The van der Waals surface area contributed by atoms with Crippen LogP contribution >= 0.6 is 15.9 Å². The van der Waals surface area contributed by atoms with Crippen LogP contribution in [-0.2, 0) is 19.1 Å². The number of carbonyl (C=O) groups excluding carboxylic acids is 3. The Morgan fingerprint density at radius 2 is 1.52 bits per heavy atom. The summed E-state index contributed by atoms with van der Waals surface area (Å²) >= 11 is 3.32. The van der Waals surface area contributed by atoms with Crippen LogP contribution in [0.15, 0.2) is 71.2 Å². The number of nitrogens with one attached hydrogen (secondary N) is 2. The summed E-state index contributed by atoms with van der Waals surface area (Å²) in [5.41, 5.74) is 1.29. The number of halogens is 1. The van der Waals surface area contributed by atoms with Gasteiger partial charge in [0.25, 0.3) is 5.91 Å². The standard InChI is InChI=1S/C22H19BrN2O4/c23-16-8-10-17(11-9-16)24-20(26)12-13-22(28)29-14-21(27)25-19-7-3-5-15-4-1-2-6-18(15)19/h1-11H,12-14H2,(H,24,26)(H,25,27). The van der Waals surface area contributed by atoms with Crippen molar-refractivity contribution in [3.63, 3.8) is 0 Å². The third-order valence-electron chi connectivity index (χ3n) is 4.11. The highest BCUT2D eigenvalue weighted by molar-refractivity contribution is 9.10. The zero-order valence-corrected chi connectivity index (χ0v) is 17.1. The number of hydrogen-bond acceptors (Lipinski definition) is 4. The number of carbonyl (C=O) groups is 3. The first-order valence-electron chi connectivity index (χ1n) is 9.00. The number of rotatable bonds is 7. The topological polar surface area (TPSA) is 84.5 Å². The monoisotopic (exact) mass is 454 g/mol. The number of hydrogen-bond donors (Lipinski definition) is 2. The molecule has 0 saturated heterocycles. The number of anilines is 2. The Morgan fingerprint density at radius 1 is 0.793 bits per heavy atom. The van der Waals surface area contributed by atoms with Gasteiger partial charge in [0.2, 0.25) is 5.91 Å². The van der Waals surface area contributed by atoms with E-state index in [1.54, 1.807) is 30.3 Å². The summed E-state index contributed by atoms with van der Waals surface area (Å²) < 4.78 is 5.87. The van der Waals surface area contributed by atoms with E-state index in [1.807, 2.05) is 36.4 Å². The van der Waals surface area contributed by atoms with E-state index in [0.29, 0.717) is 11.4 Å². The molecular formula is C22H19BrN2O4. The van der Waals surface area contributed by atoms with Crippen molar-refractivity contribution in [2.75, 3.05) is 17.2 Å². The predicted molar refractivity (Wildman–Crippen MR) is 116 cm³/mol. The molecule has 148 valence electrons. The van der Waals surface area contributed by atoms with Crippen molar-refractivity contribution in [2.24, 2.45) is 0 Å². The normalized spacial score (nSPS) is 10.4. The van der Waals surface area contributed by atoms with Crippen LogP contribution in [0.2, 0.25) is 0 Å². The molecule has 0 heterocycles. The molecule has 0 radical (unpaired) electrons. The Labute approximate surface area is 176 Å². The Bertz CT molecular complexity index is 1030. The zero-order valence-electron chi connectivity index (χ0n) is 15.5. The fraction of sp³-hybridized carbons (Fsp3) is 0.136. The van der Waals surface area contributed by atoms with Crippen LogP contribution in [0.5, 0.6) is 0 Å². The molecule has 0 aliphatic rings. The molecule has 0 fully saturated rings. The first-order valence-corrected chi connectivity index (χ1v) is 9.79. The van der Waals surface area contributed by atoms with Crippen molar-refractivity contribution in [1.82, 2.24) is 0 Å². The lowest BCUT2D eigenvalue weighted by atomic mass is 10.1. The van der Waals surface area contributed by atoms with Crippen LogP contribution in [0.4, 0.5) is 11.4 Å². The van der Waals surface area contributed by atoms with Gasteiger partial charge >= 0.3 is 5.97 Å². The lowest BCUT2D eigenvalue weighted by molar-refractivity contribution is -0.147. The van der Waals surface area contributed by atoms with Gasteiger partial charge in [-0.1, -0.05) is 52.3 Å². The number of fused-ring (bicyclic) bond motifs is 1. The molecule has 0 spiro atoms. The smallest absolute Gasteiger partial charge is 0.306 e. The average Bonchev–Trinajstić information content (AvgIpc) is 2.73. The maximum atomic E-state index is 12.1. The summed E-state index contributed by atoms with van der Waals surface area (Å²) in [6, 6.07) is 20.3. The second kappa shape index (κ2) is 9.84. The molecule has 3 aromatic carbocycles. The molecule has 0 saturated carbocycles. The first kappa shape index (κ1) is 20.5. The van der Waals surface area contributed by atoms with Crippen molar-refractivity contribution < 1.29 is 19.1 Å². The van der Waals surface area contributed by atoms with E-state index in [0.717, 1.165) is 15.2 Å². The minimum absolute atomic E-state index is 0.0279. The molecule has 29 heavy (non-hydrogen) atoms. The minimum atomic E-state index is -0.607. The molecule has 3 rings (SSSR count). The van der Waals surface area contributed by atoms with Crippen LogP contribution in [-0.4, -0.2) is 24.4 Å². The van der Waals surface area contributed by atoms with E-state index in [4.69, 9.17) is 4.74 Å². The molecule has 0 aliphatic carbocycles. The van der Waals surface area contributed by atoms with Crippen LogP contribution in [0.1, 0.15) is 12.8 Å². The molecule has 2 N–H and O–H groups in total. The molecule has 0 aromatic heterocycles. The van der Waals surface area contributed by atoms with Gasteiger partial charge in [0.1, 0.15) is 0 Å². The van der Waals surface area contributed by atoms with E-state index >= 15 is 0 Å². The Kier molecular flexibility index (Phi) is 6.97. The second-order valence-electron chi connectivity index (χ2n) is 6.29. The van der Waals surface area contributed by atoms with Crippen molar-refractivity contribution in [2.45, 2.75) is 12.8 Å². The molecule has 7 heteroatoms. The Morgan fingerprint density at radius 3 is 2.31 bits per heavy atom. The van der Waals surface area contributed by atoms with Gasteiger partial charge in [-0.3, -0.25) is 14.4 Å². The fourth-order valence-electron chi connectivity index (χ4n) is 2.71. The van der Waals surface area contributed by atoms with Gasteiger partial charge in [0, 0.05) is 27.7 Å². The Hall–Kier alpha value is -3.19. The molecular weight excluding hydrogens is 436 g/mol. The molecule has 2 amide bonds. The number of amides is 2. The van der Waals surface area contributed by atoms with Gasteiger partial charge in [-0.2, -0.15) is 0 Å². The van der Waals surface area contributed by atoms with Crippen molar-refractivity contribution in [3.8, 4) is 0 Å². The highest BCUT2D eigenvalue weighted by Crippen LogP contribution is 2.22. The van der Waals surface area contributed by atoms with Gasteiger partial charge in [-0.25, -0.2) is 0 Å². The summed E-state index contributed by atoms with van der Waals surface area (Å²) in [6.07, 6.45) is -0.135. The summed E-state index contributed by atoms with van der Waals surface area (Å²) in [7, 11) is 0. The Balaban J connectivity index is 1.42. The van der Waals surface area contributed by atoms with Crippen LogP contribution in [0, 0.1) is 0 Å². The van der Waals surface area contributed by atoms with Gasteiger partial charge in [-0.15, -0.1) is 0 Å². The lowest BCUT2D eigenvalue weighted by Crippen LogP contribution is -2.22. The van der Waals surface area contributed by atoms with Crippen molar-refractivity contribution >= 4 is 55.9 Å². The highest BCUT2D eigenvalue weighted by Gasteiger charge is 2.12. The summed E-state index contributed by atoms with van der Waals surface area (Å²) in [5.74, 6) is -1.34. The molecule has 0 aliphatic heterocycles. The van der Waals surface area contributed by atoms with Gasteiger partial charge in [0.05, 0.1) is 6.42 Å². The van der Waals surface area contributed by atoms with Gasteiger partial charge in [0.15, 0.2) is 6.61 Å². The largest absolute Gasteiger partial charge is 0.456 e. The molecule has 3 aromatic rings. The van der Waals surface area contributed by atoms with Crippen molar-refractivity contribution in [1.29, 1.82) is 0 Å². The SMILES string of the molecule is O=C(CCC(=O)OCC(=O)Nc1cccc2ccccc12)Nc1ccc(Br)cc1. The third-order valence-corrected chi connectivity index (χ3v) is 4.64. The maximum Gasteiger partial charge on any atom is 0.306 e. The van der Waals surface area contributed by atoms with Crippen LogP contribution in [0.3, 0.4) is 0 Å². The first-order chi connectivity index (χ1) is 14.0. The quantitative estimate of drug-likeness (QED) is 0.514. The van der Waals surface area contributed by atoms with Crippen LogP contribution in [0.25, 0.3) is 10.8 Å². The minimum Gasteiger partial charge on any atom is -0.456 e. The van der Waals surface area contributed by atoms with E-state index in [1.165, 1.54) is 0 Å². The lowest BCUT2D eigenvalue weighted by Gasteiger charge is -2.09. The fourth-order valence-corrected chi connectivity index (χ4v) is 2.98. The molecule has 0 bridgehead atoms. The van der Waals surface area contributed by atoms with Gasteiger partial charge < -0.3 is 15.4 Å². The molecule has 0 unspecified atom stereocenters. The zero-order chi connectivity index (χ0) is 20.6. The summed E-state index contributed by atoms with van der Waals surface area (Å²) in [5, 5.41) is 7.34. The maximum absolute atomic E-state index is 12.1. The molecule has 0 atom stereocenters. The van der Waals surface area contributed by atoms with Crippen LogP contribution < -0.4 is 10.6 Å². The van der Waals surface area contributed by atoms with E-state index in [9.17, 15) is 14.4 Å². The summed E-state index contributed by atoms with van der Waals surface area (Å²) in [6.45, 7) is -0.406. The number of esters is 1. The highest BCUT2D eigenvalue weighted by atomic mass is 79.9.